The Morgan fingerprint density at radius 3 is 2.57 bits per heavy atom. The van der Waals surface area contributed by atoms with E-state index < -0.39 is 0 Å². The highest BCUT2D eigenvalue weighted by molar-refractivity contribution is 5.92. The number of methoxy groups -OCH3 is 1. The zero-order valence-electron chi connectivity index (χ0n) is 15.5. The molecule has 0 radical (unpaired) electrons. The summed E-state index contributed by atoms with van der Waals surface area (Å²) in [5.41, 5.74) is 2.18. The quantitative estimate of drug-likeness (QED) is 0.628. The summed E-state index contributed by atoms with van der Waals surface area (Å²) in [5.74, 6) is 0.779. The van der Waals surface area contributed by atoms with E-state index in [9.17, 15) is 9.18 Å². The Hall–Kier alpha value is -3.48. The van der Waals surface area contributed by atoms with Crippen molar-refractivity contribution in [3.05, 3.63) is 83.3 Å². The molecule has 144 valence electrons. The van der Waals surface area contributed by atoms with Crippen LogP contribution in [0, 0.1) is 5.82 Å². The summed E-state index contributed by atoms with van der Waals surface area (Å²) < 4.78 is 18.1. The Morgan fingerprint density at radius 1 is 1.04 bits per heavy atom. The zero-order chi connectivity index (χ0) is 19.8. The second kappa shape index (κ2) is 9.45. The largest absolute Gasteiger partial charge is 0.497 e. The number of nitrogens with zero attached hydrogens (tertiary/aromatic N) is 2. The van der Waals surface area contributed by atoms with E-state index in [-0.39, 0.29) is 17.4 Å². The number of rotatable bonds is 8. The Morgan fingerprint density at radius 2 is 1.86 bits per heavy atom. The van der Waals surface area contributed by atoms with Crippen LogP contribution < -0.4 is 15.4 Å². The van der Waals surface area contributed by atoms with E-state index in [0.717, 1.165) is 23.3 Å². The maximum absolute atomic E-state index is 12.9. The number of aromatic nitrogens is 2. The predicted molar refractivity (Wildman–Crippen MR) is 105 cm³/mol. The van der Waals surface area contributed by atoms with Gasteiger partial charge in [-0.1, -0.05) is 24.3 Å². The summed E-state index contributed by atoms with van der Waals surface area (Å²) in [6.45, 7) is 0.972. The lowest BCUT2D eigenvalue weighted by atomic mass is 10.1. The van der Waals surface area contributed by atoms with Crippen LogP contribution in [0.1, 0.15) is 21.6 Å². The van der Waals surface area contributed by atoms with Crippen molar-refractivity contribution in [1.29, 1.82) is 0 Å². The van der Waals surface area contributed by atoms with Crippen molar-refractivity contribution in [3.63, 3.8) is 0 Å². The summed E-state index contributed by atoms with van der Waals surface area (Å²) in [7, 11) is 1.64. The second-order valence-corrected chi connectivity index (χ2v) is 6.14. The average Bonchev–Trinajstić information content (AvgIpc) is 2.74. The molecule has 0 aliphatic carbocycles. The predicted octanol–water partition coefficient (Wildman–Crippen LogP) is 3.21. The summed E-state index contributed by atoms with van der Waals surface area (Å²) in [6.07, 6.45) is 0.804. The first-order valence-corrected chi connectivity index (χ1v) is 8.87. The van der Waals surface area contributed by atoms with Crippen LogP contribution in [0.5, 0.6) is 5.75 Å². The smallest absolute Gasteiger partial charge is 0.272 e. The van der Waals surface area contributed by atoms with Crippen LogP contribution in [0.25, 0.3) is 0 Å². The number of carbonyl (C=O) groups is 1. The number of carbonyl (C=O) groups excluding carboxylic acids is 1. The lowest BCUT2D eigenvalue weighted by Crippen LogP contribution is -2.24. The van der Waals surface area contributed by atoms with Gasteiger partial charge in [0, 0.05) is 13.1 Å². The van der Waals surface area contributed by atoms with Gasteiger partial charge in [-0.15, -0.1) is 10.2 Å². The molecule has 0 unspecified atom stereocenters. The summed E-state index contributed by atoms with van der Waals surface area (Å²) in [6, 6.07) is 17.2. The molecule has 2 N–H and O–H groups in total. The molecule has 3 aromatic rings. The van der Waals surface area contributed by atoms with E-state index >= 15 is 0 Å². The average molecular weight is 380 g/mol. The van der Waals surface area contributed by atoms with E-state index in [4.69, 9.17) is 4.74 Å². The molecule has 0 saturated heterocycles. The molecule has 2 aromatic carbocycles. The Kier molecular flexibility index (Phi) is 6.51. The van der Waals surface area contributed by atoms with Gasteiger partial charge in [0.25, 0.3) is 5.91 Å². The lowest BCUT2D eigenvalue weighted by molar-refractivity contribution is 0.0945. The first-order valence-electron chi connectivity index (χ1n) is 8.87. The minimum absolute atomic E-state index is 0.223. The van der Waals surface area contributed by atoms with Gasteiger partial charge < -0.3 is 15.4 Å². The van der Waals surface area contributed by atoms with Gasteiger partial charge in [-0.2, -0.15) is 0 Å². The zero-order valence-corrected chi connectivity index (χ0v) is 15.5. The molecule has 7 heteroatoms. The fourth-order valence-corrected chi connectivity index (χ4v) is 2.59. The number of hydrogen-bond acceptors (Lipinski definition) is 5. The van der Waals surface area contributed by atoms with Crippen LogP contribution in [0.3, 0.4) is 0 Å². The number of anilines is 1. The third-order valence-corrected chi connectivity index (χ3v) is 4.12. The standard InChI is InChI=1S/C21H21FN4O2/c1-28-18-4-2-3-15(13-18)11-12-23-20-10-9-19(25-26-20)21(27)24-14-16-5-7-17(22)8-6-16/h2-10,13H,11-12,14H2,1H3,(H,23,26)(H,24,27). The van der Waals surface area contributed by atoms with Crippen molar-refractivity contribution in [2.24, 2.45) is 0 Å². The van der Waals surface area contributed by atoms with Gasteiger partial charge in [0.05, 0.1) is 7.11 Å². The van der Waals surface area contributed by atoms with Crippen molar-refractivity contribution < 1.29 is 13.9 Å². The van der Waals surface area contributed by atoms with Crippen LogP contribution >= 0.6 is 0 Å². The lowest BCUT2D eigenvalue weighted by Gasteiger charge is -2.08. The molecule has 6 nitrogen and oxygen atoms in total. The molecule has 1 heterocycles. The molecule has 0 saturated carbocycles. The highest BCUT2D eigenvalue weighted by atomic mass is 19.1. The highest BCUT2D eigenvalue weighted by Gasteiger charge is 2.08. The molecule has 1 amide bonds. The number of ether oxygens (including phenoxy) is 1. The molecule has 0 atom stereocenters. The SMILES string of the molecule is COc1cccc(CCNc2ccc(C(=O)NCc3ccc(F)cc3)nn2)c1. The third-order valence-electron chi connectivity index (χ3n) is 4.12. The van der Waals surface area contributed by atoms with Gasteiger partial charge in [-0.3, -0.25) is 4.79 Å². The van der Waals surface area contributed by atoms with E-state index in [1.54, 1.807) is 31.4 Å². The molecule has 0 aliphatic heterocycles. The topological polar surface area (TPSA) is 76.1 Å². The minimum atomic E-state index is -0.334. The molecule has 0 aliphatic rings. The molecular formula is C21H21FN4O2. The number of nitrogens with one attached hydrogen (secondary N) is 2. The maximum Gasteiger partial charge on any atom is 0.272 e. The van der Waals surface area contributed by atoms with Crippen LogP contribution in [-0.4, -0.2) is 29.8 Å². The Bertz CT molecular complexity index is 914. The highest BCUT2D eigenvalue weighted by Crippen LogP contribution is 2.13. The van der Waals surface area contributed by atoms with Crippen molar-refractivity contribution in [1.82, 2.24) is 15.5 Å². The van der Waals surface area contributed by atoms with E-state index in [1.807, 2.05) is 24.3 Å². The molecule has 1 aromatic heterocycles. The van der Waals surface area contributed by atoms with Gasteiger partial charge in [0.15, 0.2) is 5.69 Å². The number of benzene rings is 2. The number of hydrogen-bond donors (Lipinski definition) is 2. The maximum atomic E-state index is 12.9. The summed E-state index contributed by atoms with van der Waals surface area (Å²) in [5, 5.41) is 13.9. The van der Waals surface area contributed by atoms with Crippen LogP contribution in [0.2, 0.25) is 0 Å². The molecule has 0 spiro atoms. The van der Waals surface area contributed by atoms with Gasteiger partial charge in [0.1, 0.15) is 17.4 Å². The third kappa shape index (κ3) is 5.51. The van der Waals surface area contributed by atoms with E-state index in [0.29, 0.717) is 18.9 Å². The Labute approximate surface area is 162 Å². The summed E-state index contributed by atoms with van der Waals surface area (Å²) >= 11 is 0. The van der Waals surface area contributed by atoms with Crippen molar-refractivity contribution in [2.45, 2.75) is 13.0 Å². The monoisotopic (exact) mass is 380 g/mol. The number of amides is 1. The van der Waals surface area contributed by atoms with Crippen LogP contribution in [0.15, 0.2) is 60.7 Å². The van der Waals surface area contributed by atoms with Crippen molar-refractivity contribution in [2.75, 3.05) is 19.0 Å². The molecule has 3 rings (SSSR count). The van der Waals surface area contributed by atoms with Crippen molar-refractivity contribution >= 4 is 11.7 Å². The molecule has 0 fully saturated rings. The normalized spacial score (nSPS) is 10.4. The van der Waals surface area contributed by atoms with Crippen LogP contribution in [-0.2, 0) is 13.0 Å². The minimum Gasteiger partial charge on any atom is -0.497 e. The first-order chi connectivity index (χ1) is 13.6. The molecule has 0 bridgehead atoms. The van der Waals surface area contributed by atoms with E-state index in [1.165, 1.54) is 12.1 Å². The van der Waals surface area contributed by atoms with Gasteiger partial charge in [0.2, 0.25) is 0 Å². The van der Waals surface area contributed by atoms with Gasteiger partial charge >= 0.3 is 0 Å². The fraction of sp³-hybridized carbons (Fsp3) is 0.190. The van der Waals surface area contributed by atoms with Crippen LogP contribution in [0.4, 0.5) is 10.2 Å². The fourth-order valence-electron chi connectivity index (χ4n) is 2.59. The number of halogens is 1. The van der Waals surface area contributed by atoms with Gasteiger partial charge in [-0.25, -0.2) is 4.39 Å². The van der Waals surface area contributed by atoms with Crippen molar-refractivity contribution in [3.8, 4) is 5.75 Å². The molecule has 28 heavy (non-hydrogen) atoms. The summed E-state index contributed by atoms with van der Waals surface area (Å²) in [4.78, 5) is 12.1. The first kappa shape index (κ1) is 19.3. The Balaban J connectivity index is 1.47. The second-order valence-electron chi connectivity index (χ2n) is 6.14. The molecular weight excluding hydrogens is 359 g/mol. The van der Waals surface area contributed by atoms with Gasteiger partial charge in [-0.05, 0) is 53.9 Å². The van der Waals surface area contributed by atoms with E-state index in [2.05, 4.69) is 20.8 Å².